The van der Waals surface area contributed by atoms with Gasteiger partial charge in [0, 0.05) is 6.42 Å². The molecule has 5 nitrogen and oxygen atoms in total. The van der Waals surface area contributed by atoms with E-state index in [1.54, 1.807) is 18.3 Å². The van der Waals surface area contributed by atoms with Crippen molar-refractivity contribution in [3.05, 3.63) is 18.3 Å². The van der Waals surface area contributed by atoms with Crippen LogP contribution in [0.2, 0.25) is 0 Å². The summed E-state index contributed by atoms with van der Waals surface area (Å²) in [5.41, 5.74) is 6.20. The van der Waals surface area contributed by atoms with E-state index >= 15 is 0 Å². The van der Waals surface area contributed by atoms with Crippen molar-refractivity contribution in [1.82, 2.24) is 9.88 Å². The van der Waals surface area contributed by atoms with Crippen LogP contribution in [0.1, 0.15) is 39.5 Å². The summed E-state index contributed by atoms with van der Waals surface area (Å²) in [4.78, 5) is 18.2. The number of nitrogens with zero attached hydrogens (tertiary/aromatic N) is 2. The van der Waals surface area contributed by atoms with E-state index in [-0.39, 0.29) is 30.7 Å². The van der Waals surface area contributed by atoms with Crippen LogP contribution in [0.4, 0.5) is 11.5 Å². The summed E-state index contributed by atoms with van der Waals surface area (Å²) in [6.07, 6.45) is 5.31. The van der Waals surface area contributed by atoms with E-state index in [0.29, 0.717) is 17.9 Å². The fraction of sp³-hybridized carbons (Fsp3) is 0.600. The number of nitrogens with two attached hydrogens (primary N) is 1. The molecule has 0 radical (unpaired) electrons. The number of carbonyl (C=O) groups is 1. The number of pyridine rings is 1. The van der Waals surface area contributed by atoms with Crippen molar-refractivity contribution >= 4 is 42.2 Å². The molecular formula is C15H28Cl2N4O. The number of nitrogens with one attached hydrogen (secondary N) is 1. The van der Waals surface area contributed by atoms with Crippen molar-refractivity contribution in [3.8, 4) is 0 Å². The summed E-state index contributed by atoms with van der Waals surface area (Å²) >= 11 is 0. The Bertz CT molecular complexity index is 395. The number of hydrogen-bond acceptors (Lipinski definition) is 4. The Morgan fingerprint density at radius 1 is 1.18 bits per heavy atom. The van der Waals surface area contributed by atoms with E-state index in [1.807, 2.05) is 0 Å². The van der Waals surface area contributed by atoms with E-state index in [2.05, 4.69) is 29.0 Å². The smallest absolute Gasteiger partial charge is 0.224 e. The number of nitrogen functional groups attached to an aromatic ring is 1. The van der Waals surface area contributed by atoms with Gasteiger partial charge in [0.1, 0.15) is 5.82 Å². The van der Waals surface area contributed by atoms with Crippen molar-refractivity contribution in [2.75, 3.05) is 30.7 Å². The molecule has 1 aromatic rings. The predicted octanol–water partition coefficient (Wildman–Crippen LogP) is 3.35. The molecule has 0 fully saturated rings. The van der Waals surface area contributed by atoms with E-state index in [9.17, 15) is 4.79 Å². The Morgan fingerprint density at radius 3 is 2.32 bits per heavy atom. The van der Waals surface area contributed by atoms with Gasteiger partial charge in [-0.2, -0.15) is 0 Å². The maximum Gasteiger partial charge on any atom is 0.224 e. The number of amides is 1. The molecule has 3 N–H and O–H groups in total. The van der Waals surface area contributed by atoms with Gasteiger partial charge in [-0.15, -0.1) is 24.8 Å². The molecule has 7 heteroatoms. The van der Waals surface area contributed by atoms with Gasteiger partial charge in [0.2, 0.25) is 5.91 Å². The monoisotopic (exact) mass is 350 g/mol. The van der Waals surface area contributed by atoms with Gasteiger partial charge in [-0.3, -0.25) is 4.79 Å². The summed E-state index contributed by atoms with van der Waals surface area (Å²) in [5.74, 6) is 0.488. The van der Waals surface area contributed by atoms with Crippen molar-refractivity contribution in [3.63, 3.8) is 0 Å². The zero-order valence-corrected chi connectivity index (χ0v) is 15.0. The average molecular weight is 351 g/mol. The minimum Gasteiger partial charge on any atom is -0.384 e. The molecule has 0 saturated heterocycles. The maximum atomic E-state index is 11.8. The lowest BCUT2D eigenvalue weighted by molar-refractivity contribution is -0.116. The Kier molecular flexibility index (Phi) is 14.4. The molecule has 0 aliphatic carbocycles. The largest absolute Gasteiger partial charge is 0.384 e. The van der Waals surface area contributed by atoms with Gasteiger partial charge in [-0.25, -0.2) is 4.98 Å². The van der Waals surface area contributed by atoms with Crippen molar-refractivity contribution in [1.29, 1.82) is 0 Å². The average Bonchev–Trinajstić information content (AvgIpc) is 2.42. The van der Waals surface area contributed by atoms with E-state index < -0.39 is 0 Å². The van der Waals surface area contributed by atoms with Gasteiger partial charge in [0.15, 0.2) is 0 Å². The standard InChI is InChI=1S/C15H26N4O.2ClH/c1-3-9-19(10-4-2)11-5-6-15(20)18-13-7-8-14(16)17-12-13;;/h7-8,12H,3-6,9-11H2,1-2H3,(H2,16,17)(H,18,20);2*1H. The van der Waals surface area contributed by atoms with Gasteiger partial charge in [-0.1, -0.05) is 13.8 Å². The molecular weight excluding hydrogens is 323 g/mol. The summed E-state index contributed by atoms with van der Waals surface area (Å²) in [6, 6.07) is 3.44. The van der Waals surface area contributed by atoms with Crippen LogP contribution in [-0.2, 0) is 4.79 Å². The van der Waals surface area contributed by atoms with Crippen LogP contribution in [0.5, 0.6) is 0 Å². The molecule has 0 aromatic carbocycles. The Morgan fingerprint density at radius 2 is 1.82 bits per heavy atom. The van der Waals surface area contributed by atoms with Crippen molar-refractivity contribution in [2.24, 2.45) is 0 Å². The first kappa shape index (κ1) is 23.2. The van der Waals surface area contributed by atoms with E-state index in [4.69, 9.17) is 5.73 Å². The van der Waals surface area contributed by atoms with Crippen LogP contribution in [0.25, 0.3) is 0 Å². The van der Waals surface area contributed by atoms with Crippen molar-refractivity contribution < 1.29 is 4.79 Å². The topological polar surface area (TPSA) is 71.2 Å². The molecule has 128 valence electrons. The minimum atomic E-state index is 0. The Labute approximate surface area is 145 Å². The van der Waals surface area contributed by atoms with Crippen LogP contribution in [0, 0.1) is 0 Å². The molecule has 0 spiro atoms. The second-order valence-electron chi connectivity index (χ2n) is 4.97. The zero-order valence-electron chi connectivity index (χ0n) is 13.4. The molecule has 1 amide bonds. The summed E-state index contributed by atoms with van der Waals surface area (Å²) in [7, 11) is 0. The molecule has 22 heavy (non-hydrogen) atoms. The molecule has 0 atom stereocenters. The molecule has 0 unspecified atom stereocenters. The number of anilines is 2. The Balaban J connectivity index is 0. The van der Waals surface area contributed by atoms with Crippen LogP contribution in [-0.4, -0.2) is 35.4 Å². The third kappa shape index (κ3) is 9.82. The third-order valence-electron chi connectivity index (χ3n) is 3.03. The van der Waals surface area contributed by atoms with Crippen LogP contribution in [0.3, 0.4) is 0 Å². The second kappa shape index (κ2) is 13.6. The predicted molar refractivity (Wildman–Crippen MR) is 98.0 cm³/mol. The van der Waals surface area contributed by atoms with E-state index in [0.717, 1.165) is 38.9 Å². The lowest BCUT2D eigenvalue weighted by Crippen LogP contribution is -2.27. The van der Waals surface area contributed by atoms with Gasteiger partial charge >= 0.3 is 0 Å². The minimum absolute atomic E-state index is 0. The number of carbonyl (C=O) groups excluding carboxylic acids is 1. The van der Waals surface area contributed by atoms with Crippen LogP contribution >= 0.6 is 24.8 Å². The summed E-state index contributed by atoms with van der Waals surface area (Å²) < 4.78 is 0. The molecule has 1 aromatic heterocycles. The van der Waals surface area contributed by atoms with Gasteiger partial charge in [-0.05, 0) is 51.0 Å². The first-order valence-corrected chi connectivity index (χ1v) is 7.39. The number of hydrogen-bond donors (Lipinski definition) is 2. The summed E-state index contributed by atoms with van der Waals surface area (Å²) in [5, 5.41) is 2.83. The lowest BCUT2D eigenvalue weighted by atomic mass is 10.2. The lowest BCUT2D eigenvalue weighted by Gasteiger charge is -2.20. The highest BCUT2D eigenvalue weighted by molar-refractivity contribution is 5.90. The maximum absolute atomic E-state index is 11.8. The molecule has 0 bridgehead atoms. The van der Waals surface area contributed by atoms with Crippen molar-refractivity contribution in [2.45, 2.75) is 39.5 Å². The van der Waals surface area contributed by atoms with Gasteiger partial charge in [0.25, 0.3) is 0 Å². The molecule has 0 saturated carbocycles. The second-order valence-corrected chi connectivity index (χ2v) is 4.97. The zero-order chi connectivity index (χ0) is 14.8. The molecule has 1 rings (SSSR count). The highest BCUT2D eigenvalue weighted by Crippen LogP contribution is 2.08. The van der Waals surface area contributed by atoms with Crippen LogP contribution in [0.15, 0.2) is 18.3 Å². The third-order valence-corrected chi connectivity index (χ3v) is 3.03. The fourth-order valence-electron chi connectivity index (χ4n) is 2.13. The quantitative estimate of drug-likeness (QED) is 0.716. The number of halogens is 2. The normalized spacial score (nSPS) is 9.77. The first-order chi connectivity index (χ1) is 9.65. The van der Waals surface area contributed by atoms with Crippen LogP contribution < -0.4 is 11.1 Å². The summed E-state index contributed by atoms with van der Waals surface area (Å²) in [6.45, 7) is 7.57. The van der Waals surface area contributed by atoms with Gasteiger partial charge in [0.05, 0.1) is 11.9 Å². The highest BCUT2D eigenvalue weighted by Gasteiger charge is 2.06. The highest BCUT2D eigenvalue weighted by atomic mass is 35.5. The SMILES string of the molecule is CCCN(CCC)CCCC(=O)Nc1ccc(N)nc1.Cl.Cl. The molecule has 1 heterocycles. The first-order valence-electron chi connectivity index (χ1n) is 7.39. The Hall–Kier alpha value is -1.04. The van der Waals surface area contributed by atoms with Gasteiger partial charge < -0.3 is 16.0 Å². The molecule has 0 aliphatic heterocycles. The van der Waals surface area contributed by atoms with E-state index in [1.165, 1.54) is 0 Å². The number of rotatable bonds is 9. The number of aromatic nitrogens is 1. The molecule has 0 aliphatic rings. The fourth-order valence-corrected chi connectivity index (χ4v) is 2.13.